The summed E-state index contributed by atoms with van der Waals surface area (Å²) in [6.45, 7) is 8.88. The van der Waals surface area contributed by atoms with E-state index < -0.39 is 0 Å². The summed E-state index contributed by atoms with van der Waals surface area (Å²) in [6.07, 6.45) is 2.61. The van der Waals surface area contributed by atoms with Gasteiger partial charge in [0, 0.05) is 11.3 Å². The van der Waals surface area contributed by atoms with Gasteiger partial charge in [0.15, 0.2) is 0 Å². The molecule has 2 heterocycles. The van der Waals surface area contributed by atoms with Crippen molar-refractivity contribution in [3.8, 4) is 0 Å². The molecule has 0 amide bonds. The number of hydrogen-bond acceptors (Lipinski definition) is 2. The molecule has 14 heavy (non-hydrogen) atoms. The average Bonchev–Trinajstić information content (AvgIpc) is 2.20. The Kier molecular flexibility index (Phi) is 4.20. The van der Waals surface area contributed by atoms with Crippen molar-refractivity contribution in [2.75, 3.05) is 52.1 Å². The number of hydrogen-bond donors (Lipinski definition) is 0. The maximum absolute atomic E-state index is 5.63. The van der Waals surface area contributed by atoms with E-state index >= 15 is 0 Å². The summed E-state index contributed by atoms with van der Waals surface area (Å²) >= 11 is 0. The third kappa shape index (κ3) is 2.47. The van der Waals surface area contributed by atoms with Gasteiger partial charge in [0.2, 0.25) is 0 Å². The first kappa shape index (κ1) is 11.3. The predicted molar refractivity (Wildman–Crippen MR) is 64.6 cm³/mol. The van der Waals surface area contributed by atoms with Gasteiger partial charge < -0.3 is 9.47 Å². The minimum absolute atomic E-state index is 0.207. The predicted octanol–water partition coefficient (Wildman–Crippen LogP) is 2.01. The molecule has 82 valence electrons. The number of ether oxygens (including phenoxy) is 2. The summed E-state index contributed by atoms with van der Waals surface area (Å²) in [4.78, 5) is 0. The Balaban J connectivity index is 1.96. The van der Waals surface area contributed by atoms with Crippen molar-refractivity contribution in [1.29, 1.82) is 0 Å². The van der Waals surface area contributed by atoms with E-state index in [-0.39, 0.29) is 15.8 Å². The summed E-state index contributed by atoms with van der Waals surface area (Å²) in [5, 5.41) is 0. The molecule has 0 aromatic heterocycles. The van der Waals surface area contributed by atoms with Crippen LogP contribution in [0.15, 0.2) is 0 Å². The molecule has 0 aromatic carbocycles. The summed E-state index contributed by atoms with van der Waals surface area (Å²) in [7, 11) is 0.413. The van der Waals surface area contributed by atoms with E-state index in [0.717, 1.165) is 37.7 Å². The highest BCUT2D eigenvalue weighted by atomic mass is 31.1. The maximum Gasteiger partial charge on any atom is 0.0540 e. The fraction of sp³-hybridized carbons (Fsp3) is 1.00. The summed E-state index contributed by atoms with van der Waals surface area (Å²) in [6, 6.07) is 0. The van der Waals surface area contributed by atoms with Crippen molar-refractivity contribution in [2.24, 2.45) is 0 Å². The molecule has 2 aliphatic rings. The van der Waals surface area contributed by atoms with Gasteiger partial charge >= 0.3 is 0 Å². The van der Waals surface area contributed by atoms with Crippen LogP contribution in [0, 0.1) is 0 Å². The standard InChI is InChI=1S/C10H20O2P2/c1-13-5-3-11-7-9(13)10-8-12-4-6-14(10)2/h9-10H,3-8H2,1-2H3. The molecule has 0 radical (unpaired) electrons. The Bertz CT molecular complexity index is 169. The molecule has 0 N–H and O–H groups in total. The van der Waals surface area contributed by atoms with Crippen LogP contribution in [-0.2, 0) is 9.47 Å². The SMILES string of the molecule is CP1CCOCC1C1COCCP1C. The molecule has 4 atom stereocenters. The van der Waals surface area contributed by atoms with Crippen LogP contribution < -0.4 is 0 Å². The first-order valence-corrected chi connectivity index (χ1v) is 9.43. The zero-order valence-corrected chi connectivity index (χ0v) is 10.9. The van der Waals surface area contributed by atoms with Crippen LogP contribution in [-0.4, -0.2) is 63.4 Å². The highest BCUT2D eigenvalue weighted by molar-refractivity contribution is 7.62. The van der Waals surface area contributed by atoms with Crippen molar-refractivity contribution >= 4 is 15.8 Å². The highest BCUT2D eigenvalue weighted by Crippen LogP contribution is 2.52. The monoisotopic (exact) mass is 234 g/mol. The van der Waals surface area contributed by atoms with Crippen LogP contribution in [0.25, 0.3) is 0 Å². The first-order valence-electron chi connectivity index (χ1n) is 5.35. The molecule has 4 heteroatoms. The Hall–Kier alpha value is 0.780. The van der Waals surface area contributed by atoms with Crippen LogP contribution in [0.1, 0.15) is 0 Å². The highest BCUT2D eigenvalue weighted by Gasteiger charge is 2.34. The van der Waals surface area contributed by atoms with E-state index in [2.05, 4.69) is 13.3 Å². The molecule has 2 rings (SSSR count). The second-order valence-electron chi connectivity index (χ2n) is 4.25. The Labute approximate surface area is 89.2 Å². The lowest BCUT2D eigenvalue weighted by Gasteiger charge is -2.40. The third-order valence-corrected chi connectivity index (χ3v) is 8.62. The average molecular weight is 234 g/mol. The molecule has 0 spiro atoms. The van der Waals surface area contributed by atoms with Gasteiger partial charge in [-0.25, -0.2) is 0 Å². The number of rotatable bonds is 1. The van der Waals surface area contributed by atoms with E-state index in [0.29, 0.717) is 0 Å². The quantitative estimate of drug-likeness (QED) is 0.646. The summed E-state index contributed by atoms with van der Waals surface area (Å²) in [5.41, 5.74) is 1.66. The minimum atomic E-state index is 0.207. The normalized spacial score (nSPS) is 45.0. The maximum atomic E-state index is 5.63. The van der Waals surface area contributed by atoms with Crippen molar-refractivity contribution in [3.63, 3.8) is 0 Å². The van der Waals surface area contributed by atoms with Gasteiger partial charge in [-0.1, -0.05) is 0 Å². The molecule has 4 unspecified atom stereocenters. The third-order valence-electron chi connectivity index (χ3n) is 3.33. The molecule has 2 fully saturated rings. The van der Waals surface area contributed by atoms with Crippen LogP contribution in [0.2, 0.25) is 0 Å². The topological polar surface area (TPSA) is 18.5 Å². The van der Waals surface area contributed by atoms with Gasteiger partial charge in [-0.05, 0) is 25.7 Å². The Morgan fingerprint density at radius 1 is 0.857 bits per heavy atom. The van der Waals surface area contributed by atoms with Gasteiger partial charge in [0.05, 0.1) is 26.4 Å². The lowest BCUT2D eigenvalue weighted by molar-refractivity contribution is 0.109. The van der Waals surface area contributed by atoms with Crippen molar-refractivity contribution in [2.45, 2.75) is 11.3 Å². The van der Waals surface area contributed by atoms with Gasteiger partial charge in [0.1, 0.15) is 0 Å². The van der Waals surface area contributed by atoms with E-state index in [1.165, 1.54) is 12.3 Å². The van der Waals surface area contributed by atoms with Crippen molar-refractivity contribution < 1.29 is 9.47 Å². The Morgan fingerprint density at radius 2 is 1.29 bits per heavy atom. The fourth-order valence-electron chi connectivity index (χ4n) is 2.22. The van der Waals surface area contributed by atoms with Crippen LogP contribution in [0.3, 0.4) is 0 Å². The second-order valence-corrected chi connectivity index (χ2v) is 9.49. The molecule has 0 bridgehead atoms. The van der Waals surface area contributed by atoms with Crippen molar-refractivity contribution in [3.05, 3.63) is 0 Å². The van der Waals surface area contributed by atoms with Gasteiger partial charge in [-0.15, -0.1) is 15.8 Å². The van der Waals surface area contributed by atoms with E-state index in [4.69, 9.17) is 9.47 Å². The van der Waals surface area contributed by atoms with Crippen LogP contribution >= 0.6 is 15.8 Å². The molecular formula is C10H20O2P2. The van der Waals surface area contributed by atoms with Gasteiger partial charge in [-0.2, -0.15) is 0 Å². The summed E-state index contributed by atoms with van der Waals surface area (Å²) in [5.74, 6) is 0. The first-order chi connectivity index (χ1) is 6.79. The molecule has 2 aliphatic heterocycles. The zero-order chi connectivity index (χ0) is 9.97. The van der Waals surface area contributed by atoms with Gasteiger partial charge in [0.25, 0.3) is 0 Å². The lowest BCUT2D eigenvalue weighted by Crippen LogP contribution is -2.38. The minimum Gasteiger partial charge on any atom is -0.380 e. The van der Waals surface area contributed by atoms with Crippen LogP contribution in [0.4, 0.5) is 0 Å². The molecule has 0 aliphatic carbocycles. The van der Waals surface area contributed by atoms with Crippen LogP contribution in [0.5, 0.6) is 0 Å². The van der Waals surface area contributed by atoms with Crippen molar-refractivity contribution in [1.82, 2.24) is 0 Å². The summed E-state index contributed by atoms with van der Waals surface area (Å²) < 4.78 is 11.3. The molecule has 0 saturated carbocycles. The Morgan fingerprint density at radius 3 is 1.64 bits per heavy atom. The van der Waals surface area contributed by atoms with E-state index in [1.54, 1.807) is 0 Å². The molecule has 0 aromatic rings. The fourth-order valence-corrected chi connectivity index (χ4v) is 7.15. The largest absolute Gasteiger partial charge is 0.380 e. The van der Waals surface area contributed by atoms with Gasteiger partial charge in [-0.3, -0.25) is 0 Å². The lowest BCUT2D eigenvalue weighted by atomic mass is 10.3. The van der Waals surface area contributed by atoms with E-state index in [1.807, 2.05) is 0 Å². The zero-order valence-electron chi connectivity index (χ0n) is 9.11. The molecule has 2 saturated heterocycles. The molecule has 2 nitrogen and oxygen atoms in total. The smallest absolute Gasteiger partial charge is 0.0540 e. The molecular weight excluding hydrogens is 214 g/mol. The second kappa shape index (κ2) is 5.21. The van der Waals surface area contributed by atoms with E-state index in [9.17, 15) is 0 Å².